The minimum absolute atomic E-state index is 0.240. The Hall–Kier alpha value is -2.75. The van der Waals surface area contributed by atoms with Crippen molar-refractivity contribution in [1.82, 2.24) is 0 Å². The van der Waals surface area contributed by atoms with Gasteiger partial charge in [-0.15, -0.1) is 0 Å². The van der Waals surface area contributed by atoms with Gasteiger partial charge in [-0.1, -0.05) is 30.3 Å². The number of carbonyl (C=O) groups is 1. The van der Waals surface area contributed by atoms with Gasteiger partial charge < -0.3 is 14.8 Å². The molecule has 0 aliphatic heterocycles. The van der Waals surface area contributed by atoms with Gasteiger partial charge >= 0.3 is 0 Å². The summed E-state index contributed by atoms with van der Waals surface area (Å²) in [5, 5.41) is 2.78. The van der Waals surface area contributed by atoms with E-state index in [0.717, 1.165) is 17.0 Å². The Morgan fingerprint density at radius 1 is 1.00 bits per heavy atom. The third-order valence-electron chi connectivity index (χ3n) is 2.89. The van der Waals surface area contributed by atoms with Crippen LogP contribution >= 0.6 is 0 Å². The van der Waals surface area contributed by atoms with Crippen molar-refractivity contribution in [2.45, 2.75) is 0 Å². The predicted molar refractivity (Wildman–Crippen MR) is 83.1 cm³/mol. The highest BCUT2D eigenvalue weighted by Crippen LogP contribution is 2.15. The molecule has 0 spiro atoms. The number of hydrogen-bond acceptors (Lipinski definition) is 3. The van der Waals surface area contributed by atoms with E-state index in [2.05, 4.69) is 5.32 Å². The molecule has 0 heterocycles. The van der Waals surface area contributed by atoms with Crippen LogP contribution in [0.2, 0.25) is 0 Å². The van der Waals surface area contributed by atoms with Crippen molar-refractivity contribution in [3.63, 3.8) is 0 Å². The molecule has 0 aliphatic carbocycles. The maximum absolute atomic E-state index is 12.1. The van der Waals surface area contributed by atoms with E-state index in [0.29, 0.717) is 0 Å². The molecule has 2 aromatic rings. The van der Waals surface area contributed by atoms with Crippen LogP contribution in [0.4, 0.5) is 5.69 Å². The lowest BCUT2D eigenvalue weighted by atomic mass is 10.2. The molecule has 1 amide bonds. The number of para-hydroxylation sites is 1. The van der Waals surface area contributed by atoms with Crippen LogP contribution in [0.3, 0.4) is 0 Å². The van der Waals surface area contributed by atoms with Crippen LogP contribution < -0.4 is 10.1 Å². The van der Waals surface area contributed by atoms with Crippen molar-refractivity contribution in [3.8, 4) is 5.75 Å². The van der Waals surface area contributed by atoms with Crippen LogP contribution in [-0.4, -0.2) is 20.1 Å². The minimum Gasteiger partial charge on any atom is -0.497 e. The minimum atomic E-state index is -0.292. The second kappa shape index (κ2) is 7.14. The quantitative estimate of drug-likeness (QED) is 0.676. The average molecular weight is 283 g/mol. The molecule has 2 rings (SSSR count). The maximum atomic E-state index is 12.1. The largest absolute Gasteiger partial charge is 0.497 e. The molecule has 4 nitrogen and oxygen atoms in total. The van der Waals surface area contributed by atoms with Crippen LogP contribution in [-0.2, 0) is 9.53 Å². The second-order valence-electron chi connectivity index (χ2n) is 4.31. The monoisotopic (exact) mass is 283 g/mol. The molecule has 108 valence electrons. The lowest BCUT2D eigenvalue weighted by molar-refractivity contribution is -0.115. The van der Waals surface area contributed by atoms with Crippen LogP contribution in [0.1, 0.15) is 5.56 Å². The van der Waals surface area contributed by atoms with E-state index < -0.39 is 0 Å². The summed E-state index contributed by atoms with van der Waals surface area (Å²) in [6.45, 7) is 0. The van der Waals surface area contributed by atoms with E-state index in [-0.39, 0.29) is 11.7 Å². The zero-order valence-corrected chi connectivity index (χ0v) is 12.0. The summed E-state index contributed by atoms with van der Waals surface area (Å²) in [6, 6.07) is 16.6. The first-order valence-electron chi connectivity index (χ1n) is 6.49. The molecule has 21 heavy (non-hydrogen) atoms. The van der Waals surface area contributed by atoms with Gasteiger partial charge in [0, 0.05) is 5.69 Å². The number of anilines is 1. The summed E-state index contributed by atoms with van der Waals surface area (Å²) < 4.78 is 10.3. The van der Waals surface area contributed by atoms with E-state index >= 15 is 0 Å². The van der Waals surface area contributed by atoms with Crippen molar-refractivity contribution in [1.29, 1.82) is 0 Å². The number of methoxy groups -OCH3 is 2. The van der Waals surface area contributed by atoms with Crippen LogP contribution in [0.5, 0.6) is 5.75 Å². The predicted octanol–water partition coefficient (Wildman–Crippen LogP) is 3.32. The highest BCUT2D eigenvalue weighted by Gasteiger charge is 2.10. The van der Waals surface area contributed by atoms with Gasteiger partial charge in [0.1, 0.15) is 5.75 Å². The fraction of sp³-hybridized carbons (Fsp3) is 0.118. The van der Waals surface area contributed by atoms with Crippen molar-refractivity contribution in [3.05, 3.63) is 65.9 Å². The normalized spacial score (nSPS) is 10.9. The Morgan fingerprint density at radius 3 is 2.24 bits per heavy atom. The number of rotatable bonds is 5. The molecule has 4 heteroatoms. The highest BCUT2D eigenvalue weighted by molar-refractivity contribution is 6.05. The first kappa shape index (κ1) is 14.7. The Bertz CT molecular complexity index is 618. The number of hydrogen-bond donors (Lipinski definition) is 1. The Morgan fingerprint density at radius 2 is 1.67 bits per heavy atom. The van der Waals surface area contributed by atoms with Gasteiger partial charge in [-0.25, -0.2) is 0 Å². The molecule has 0 fully saturated rings. The summed E-state index contributed by atoms with van der Waals surface area (Å²) in [7, 11) is 3.08. The average Bonchev–Trinajstić information content (AvgIpc) is 2.54. The van der Waals surface area contributed by atoms with E-state index in [1.165, 1.54) is 7.11 Å². The highest BCUT2D eigenvalue weighted by atomic mass is 16.5. The van der Waals surface area contributed by atoms with Crippen molar-refractivity contribution < 1.29 is 14.3 Å². The number of amides is 1. The smallest absolute Gasteiger partial charge is 0.290 e. The first-order chi connectivity index (χ1) is 10.2. The zero-order valence-electron chi connectivity index (χ0n) is 12.0. The topological polar surface area (TPSA) is 47.6 Å². The summed E-state index contributed by atoms with van der Waals surface area (Å²) >= 11 is 0. The number of nitrogens with one attached hydrogen (secondary N) is 1. The van der Waals surface area contributed by atoms with Gasteiger partial charge in [0.05, 0.1) is 14.2 Å². The maximum Gasteiger partial charge on any atom is 0.290 e. The van der Waals surface area contributed by atoms with Gasteiger partial charge in [0.25, 0.3) is 5.91 Å². The fourth-order valence-corrected chi connectivity index (χ4v) is 1.78. The van der Waals surface area contributed by atoms with E-state index in [9.17, 15) is 4.79 Å². The Kier molecular flexibility index (Phi) is 4.99. The molecule has 1 N–H and O–H groups in total. The van der Waals surface area contributed by atoms with Gasteiger partial charge in [0.2, 0.25) is 0 Å². The Balaban J connectivity index is 2.13. The molecule has 0 aromatic heterocycles. The molecule has 2 aromatic carbocycles. The molecular formula is C17H17NO3. The van der Waals surface area contributed by atoms with E-state index in [1.807, 2.05) is 54.6 Å². The number of carbonyl (C=O) groups excluding carboxylic acids is 1. The number of benzene rings is 2. The van der Waals surface area contributed by atoms with Crippen molar-refractivity contribution >= 4 is 17.7 Å². The number of ether oxygens (including phenoxy) is 2. The molecule has 0 radical (unpaired) electrons. The molecule has 0 atom stereocenters. The third-order valence-corrected chi connectivity index (χ3v) is 2.89. The lowest BCUT2D eigenvalue weighted by Gasteiger charge is -2.08. The molecule has 0 aliphatic rings. The van der Waals surface area contributed by atoms with E-state index in [1.54, 1.807) is 13.2 Å². The summed E-state index contributed by atoms with van der Waals surface area (Å²) in [6.07, 6.45) is 1.68. The molecule has 0 saturated heterocycles. The standard InChI is InChI=1S/C17H17NO3/c1-20-15-10-8-13(9-11-15)12-16(21-2)17(19)18-14-6-4-3-5-7-14/h3-12H,1-2H3,(H,18,19)/b16-12-. The summed E-state index contributed by atoms with van der Waals surface area (Å²) in [5.74, 6) is 0.711. The van der Waals surface area contributed by atoms with Gasteiger partial charge in [-0.3, -0.25) is 4.79 Å². The molecule has 0 unspecified atom stereocenters. The van der Waals surface area contributed by atoms with Crippen LogP contribution in [0.25, 0.3) is 6.08 Å². The zero-order chi connectivity index (χ0) is 15.1. The SMILES string of the molecule is CO/C(=C\c1ccc(OC)cc1)C(=O)Nc1ccccc1. The fourth-order valence-electron chi connectivity index (χ4n) is 1.78. The van der Waals surface area contributed by atoms with Gasteiger partial charge in [-0.2, -0.15) is 0 Å². The van der Waals surface area contributed by atoms with Gasteiger partial charge in [0.15, 0.2) is 5.76 Å². The molecular weight excluding hydrogens is 266 g/mol. The van der Waals surface area contributed by atoms with Crippen molar-refractivity contribution in [2.75, 3.05) is 19.5 Å². The third kappa shape index (κ3) is 4.11. The first-order valence-corrected chi connectivity index (χ1v) is 6.49. The Labute approximate surface area is 124 Å². The summed E-state index contributed by atoms with van der Waals surface area (Å²) in [4.78, 5) is 12.1. The van der Waals surface area contributed by atoms with E-state index in [4.69, 9.17) is 9.47 Å². The lowest BCUT2D eigenvalue weighted by Crippen LogP contribution is -2.15. The van der Waals surface area contributed by atoms with Crippen LogP contribution in [0.15, 0.2) is 60.4 Å². The summed E-state index contributed by atoms with van der Waals surface area (Å²) in [5.41, 5.74) is 1.58. The molecule has 0 bridgehead atoms. The van der Waals surface area contributed by atoms with Crippen LogP contribution in [0, 0.1) is 0 Å². The van der Waals surface area contributed by atoms with Crippen molar-refractivity contribution in [2.24, 2.45) is 0 Å². The second-order valence-corrected chi connectivity index (χ2v) is 4.31. The molecule has 0 saturated carbocycles. The van der Waals surface area contributed by atoms with Gasteiger partial charge in [-0.05, 0) is 35.9 Å².